The van der Waals surface area contributed by atoms with Crippen molar-refractivity contribution in [3.8, 4) is 0 Å². The fraction of sp³-hybridized carbons (Fsp3) is 0.714. The van der Waals surface area contributed by atoms with Crippen molar-refractivity contribution in [1.82, 2.24) is 10.0 Å². The molecule has 0 spiro atoms. The van der Waals surface area contributed by atoms with Gasteiger partial charge in [0.25, 0.3) is 0 Å². The Kier molecular flexibility index (Phi) is 5.08. The average Bonchev–Trinajstić information content (AvgIpc) is 3.11. The van der Waals surface area contributed by atoms with E-state index in [1.165, 1.54) is 0 Å². The fourth-order valence-corrected chi connectivity index (χ4v) is 3.75. The summed E-state index contributed by atoms with van der Waals surface area (Å²) < 4.78 is 38.0. The summed E-state index contributed by atoms with van der Waals surface area (Å²) in [6, 6.07) is 1.59. The van der Waals surface area contributed by atoms with Gasteiger partial charge in [-0.15, -0.1) is 0 Å². The first-order chi connectivity index (χ1) is 9.92. The first-order valence-corrected chi connectivity index (χ1v) is 8.63. The molecule has 1 aliphatic carbocycles. The molecule has 0 bridgehead atoms. The lowest BCUT2D eigenvalue weighted by Crippen LogP contribution is -2.31. The van der Waals surface area contributed by atoms with Crippen LogP contribution in [0.1, 0.15) is 30.8 Å². The van der Waals surface area contributed by atoms with Crippen molar-refractivity contribution >= 4 is 10.0 Å². The normalized spacial score (nSPS) is 17.1. The lowest BCUT2D eigenvalue weighted by Gasteiger charge is -2.15. The molecular weight excluding hydrogens is 292 g/mol. The SMILES string of the molecule is CNCc1cc(S(=O)(=O)NCC2(CCOC)CC2)c(C)o1. The molecule has 1 aromatic rings. The number of sulfonamides is 1. The van der Waals surface area contributed by atoms with Crippen LogP contribution < -0.4 is 10.0 Å². The van der Waals surface area contributed by atoms with Crippen LogP contribution in [0.4, 0.5) is 0 Å². The van der Waals surface area contributed by atoms with Gasteiger partial charge >= 0.3 is 0 Å². The first kappa shape index (κ1) is 16.5. The fourth-order valence-electron chi connectivity index (χ4n) is 2.39. The van der Waals surface area contributed by atoms with Gasteiger partial charge in [-0.05, 0) is 38.6 Å². The Bertz CT molecular complexity index is 576. The van der Waals surface area contributed by atoms with Gasteiger partial charge in [0.05, 0.1) is 6.54 Å². The molecule has 2 rings (SSSR count). The van der Waals surface area contributed by atoms with Crippen LogP contribution in [0.2, 0.25) is 0 Å². The maximum Gasteiger partial charge on any atom is 0.244 e. The summed E-state index contributed by atoms with van der Waals surface area (Å²) in [5, 5.41) is 2.94. The van der Waals surface area contributed by atoms with Gasteiger partial charge < -0.3 is 14.5 Å². The van der Waals surface area contributed by atoms with Crippen molar-refractivity contribution in [2.24, 2.45) is 5.41 Å². The van der Waals surface area contributed by atoms with E-state index in [4.69, 9.17) is 9.15 Å². The monoisotopic (exact) mass is 316 g/mol. The molecule has 1 heterocycles. The highest BCUT2D eigenvalue weighted by Gasteiger charge is 2.42. The lowest BCUT2D eigenvalue weighted by atomic mass is 10.0. The Labute approximate surface area is 126 Å². The summed E-state index contributed by atoms with van der Waals surface area (Å²) in [7, 11) is -0.0653. The zero-order valence-electron chi connectivity index (χ0n) is 12.9. The van der Waals surface area contributed by atoms with Gasteiger partial charge in [-0.1, -0.05) is 0 Å². The number of rotatable bonds is 9. The molecular formula is C14H24N2O4S. The van der Waals surface area contributed by atoms with Crippen LogP contribution in [0.25, 0.3) is 0 Å². The molecule has 0 aromatic carbocycles. The van der Waals surface area contributed by atoms with Crippen LogP contribution >= 0.6 is 0 Å². The van der Waals surface area contributed by atoms with Crippen LogP contribution in [0.5, 0.6) is 0 Å². The molecule has 2 N–H and O–H groups in total. The van der Waals surface area contributed by atoms with E-state index in [-0.39, 0.29) is 10.3 Å². The van der Waals surface area contributed by atoms with Crippen molar-refractivity contribution in [3.05, 3.63) is 17.6 Å². The average molecular weight is 316 g/mol. The van der Waals surface area contributed by atoms with Gasteiger partial charge in [0.2, 0.25) is 10.0 Å². The molecule has 0 atom stereocenters. The minimum Gasteiger partial charge on any atom is -0.464 e. The predicted octanol–water partition coefficient (Wildman–Crippen LogP) is 1.40. The molecule has 0 radical (unpaired) electrons. The summed E-state index contributed by atoms with van der Waals surface area (Å²) in [6.45, 7) is 3.31. The van der Waals surface area contributed by atoms with Crippen molar-refractivity contribution in [3.63, 3.8) is 0 Å². The first-order valence-electron chi connectivity index (χ1n) is 7.15. The van der Waals surface area contributed by atoms with Crippen LogP contribution in [0, 0.1) is 12.3 Å². The van der Waals surface area contributed by atoms with Gasteiger partial charge in [0.1, 0.15) is 16.4 Å². The van der Waals surface area contributed by atoms with Gasteiger partial charge in [-0.3, -0.25) is 0 Å². The standard InChI is InChI=1S/C14H24N2O4S/c1-11-13(8-12(20-11)9-15-2)21(17,18)16-10-14(4-5-14)6-7-19-3/h8,15-16H,4-7,9-10H2,1-3H3. The van der Waals surface area contributed by atoms with E-state index in [0.717, 1.165) is 19.3 Å². The van der Waals surface area contributed by atoms with E-state index < -0.39 is 10.0 Å². The Morgan fingerprint density at radius 2 is 2.14 bits per heavy atom. The Hall–Kier alpha value is -0.890. The van der Waals surface area contributed by atoms with E-state index >= 15 is 0 Å². The van der Waals surface area contributed by atoms with Crippen molar-refractivity contribution in [2.75, 3.05) is 27.3 Å². The molecule has 1 fully saturated rings. The second kappa shape index (κ2) is 6.48. The molecule has 1 saturated carbocycles. The highest BCUT2D eigenvalue weighted by molar-refractivity contribution is 7.89. The molecule has 0 saturated heterocycles. The second-order valence-electron chi connectivity index (χ2n) is 5.73. The van der Waals surface area contributed by atoms with Crippen LogP contribution in [0.15, 0.2) is 15.4 Å². The molecule has 0 aliphatic heterocycles. The number of nitrogens with one attached hydrogen (secondary N) is 2. The molecule has 21 heavy (non-hydrogen) atoms. The molecule has 7 heteroatoms. The van der Waals surface area contributed by atoms with Gasteiger partial charge in [0, 0.05) is 26.3 Å². The number of ether oxygens (including phenoxy) is 1. The number of hydrogen-bond acceptors (Lipinski definition) is 5. The number of hydrogen-bond donors (Lipinski definition) is 2. The smallest absolute Gasteiger partial charge is 0.244 e. The molecule has 0 unspecified atom stereocenters. The molecule has 1 aromatic heterocycles. The molecule has 0 amide bonds. The Morgan fingerprint density at radius 1 is 1.43 bits per heavy atom. The minimum absolute atomic E-state index is 0.0779. The zero-order chi connectivity index (χ0) is 15.5. The van der Waals surface area contributed by atoms with Crippen LogP contribution in [0.3, 0.4) is 0 Å². The van der Waals surface area contributed by atoms with Crippen LogP contribution in [-0.2, 0) is 21.3 Å². The highest BCUT2D eigenvalue weighted by Crippen LogP contribution is 2.48. The number of furan rings is 1. The minimum atomic E-state index is -3.52. The number of methoxy groups -OCH3 is 1. The largest absolute Gasteiger partial charge is 0.464 e. The highest BCUT2D eigenvalue weighted by atomic mass is 32.2. The van der Waals surface area contributed by atoms with Crippen molar-refractivity contribution < 1.29 is 17.6 Å². The summed E-state index contributed by atoms with van der Waals surface area (Å²) in [5.74, 6) is 1.05. The summed E-state index contributed by atoms with van der Waals surface area (Å²) in [4.78, 5) is 0.232. The van der Waals surface area contributed by atoms with E-state index in [1.807, 2.05) is 0 Å². The maximum absolute atomic E-state index is 12.4. The third-order valence-corrected chi connectivity index (χ3v) is 5.50. The van der Waals surface area contributed by atoms with Crippen molar-refractivity contribution in [1.29, 1.82) is 0 Å². The third-order valence-electron chi connectivity index (χ3n) is 3.99. The topological polar surface area (TPSA) is 80.6 Å². The van der Waals surface area contributed by atoms with E-state index in [2.05, 4.69) is 10.0 Å². The van der Waals surface area contributed by atoms with Gasteiger partial charge in [-0.2, -0.15) is 0 Å². The summed E-state index contributed by atoms with van der Waals surface area (Å²) >= 11 is 0. The molecule has 120 valence electrons. The number of aryl methyl sites for hydroxylation is 1. The zero-order valence-corrected chi connectivity index (χ0v) is 13.7. The predicted molar refractivity (Wildman–Crippen MR) is 79.6 cm³/mol. The van der Waals surface area contributed by atoms with E-state index in [9.17, 15) is 8.42 Å². The summed E-state index contributed by atoms with van der Waals surface area (Å²) in [6.07, 6.45) is 2.99. The maximum atomic E-state index is 12.4. The summed E-state index contributed by atoms with van der Waals surface area (Å²) in [5.41, 5.74) is 0.0779. The lowest BCUT2D eigenvalue weighted by molar-refractivity contribution is 0.173. The Balaban J connectivity index is 2.02. The van der Waals surface area contributed by atoms with Crippen molar-refractivity contribution in [2.45, 2.75) is 37.6 Å². The van der Waals surface area contributed by atoms with E-state index in [1.54, 1.807) is 27.1 Å². The van der Waals surface area contributed by atoms with Gasteiger partial charge in [-0.25, -0.2) is 13.1 Å². The van der Waals surface area contributed by atoms with Crippen LogP contribution in [-0.4, -0.2) is 35.7 Å². The Morgan fingerprint density at radius 3 is 2.71 bits per heavy atom. The second-order valence-corrected chi connectivity index (χ2v) is 7.47. The van der Waals surface area contributed by atoms with E-state index in [0.29, 0.717) is 31.2 Å². The molecule has 1 aliphatic rings. The molecule has 6 nitrogen and oxygen atoms in total. The quantitative estimate of drug-likeness (QED) is 0.720. The van der Waals surface area contributed by atoms with Gasteiger partial charge in [0.15, 0.2) is 0 Å². The third kappa shape index (κ3) is 4.06.